The molecule has 0 aliphatic heterocycles. The fourth-order valence-electron chi connectivity index (χ4n) is 1.74. The number of anilines is 3. The van der Waals surface area contributed by atoms with Crippen molar-refractivity contribution in [1.82, 2.24) is 9.97 Å². The average Bonchev–Trinajstić information content (AvgIpc) is 2.47. The van der Waals surface area contributed by atoms with E-state index in [1.807, 2.05) is 25.1 Å². The van der Waals surface area contributed by atoms with Crippen LogP contribution in [0.15, 0.2) is 24.3 Å². The zero-order chi connectivity index (χ0) is 14.5. The van der Waals surface area contributed by atoms with Gasteiger partial charge in [-0.25, -0.2) is 10.8 Å². The van der Waals surface area contributed by atoms with Crippen LogP contribution in [0.1, 0.15) is 5.69 Å². The van der Waals surface area contributed by atoms with Crippen molar-refractivity contribution in [1.29, 1.82) is 0 Å². The van der Waals surface area contributed by atoms with Crippen molar-refractivity contribution in [2.45, 2.75) is 6.92 Å². The number of nitrogens with two attached hydrogens (primary N) is 1. The van der Waals surface area contributed by atoms with Gasteiger partial charge in [-0.2, -0.15) is 4.98 Å². The van der Waals surface area contributed by atoms with E-state index in [9.17, 15) is 0 Å². The van der Waals surface area contributed by atoms with Gasteiger partial charge in [-0.15, -0.1) is 0 Å². The topological polar surface area (TPSA) is 94.3 Å². The summed E-state index contributed by atoms with van der Waals surface area (Å²) in [6, 6.07) is 7.29. The Bertz CT molecular complexity index is 603. The highest BCUT2D eigenvalue weighted by atomic mass is 16.5. The maximum atomic E-state index is 5.33. The summed E-state index contributed by atoms with van der Waals surface area (Å²) in [5, 5.41) is 3.16. The number of hydrogen-bond donors (Lipinski definition) is 3. The van der Waals surface area contributed by atoms with E-state index in [0.29, 0.717) is 17.5 Å². The highest BCUT2D eigenvalue weighted by Gasteiger charge is 2.07. The molecule has 1 aromatic heterocycles. The summed E-state index contributed by atoms with van der Waals surface area (Å²) in [5.41, 5.74) is 3.99. The molecule has 7 heteroatoms. The van der Waals surface area contributed by atoms with Crippen molar-refractivity contribution in [3.8, 4) is 11.5 Å². The van der Waals surface area contributed by atoms with Crippen LogP contribution in [0.4, 0.5) is 17.5 Å². The van der Waals surface area contributed by atoms with Gasteiger partial charge in [0.2, 0.25) is 5.95 Å². The Morgan fingerprint density at radius 3 is 2.55 bits per heavy atom. The molecule has 0 spiro atoms. The molecule has 0 saturated heterocycles. The summed E-state index contributed by atoms with van der Waals surface area (Å²) in [4.78, 5) is 8.35. The molecule has 0 aliphatic carbocycles. The number of nitrogens with one attached hydrogen (secondary N) is 2. The van der Waals surface area contributed by atoms with Gasteiger partial charge in [0.05, 0.1) is 19.9 Å². The fourth-order valence-corrected chi connectivity index (χ4v) is 1.74. The molecule has 4 N–H and O–H groups in total. The smallest absolute Gasteiger partial charge is 0.239 e. The van der Waals surface area contributed by atoms with Gasteiger partial charge in [0, 0.05) is 17.8 Å². The number of hydrazine groups is 1. The largest absolute Gasteiger partial charge is 0.497 e. The molecular weight excluding hydrogens is 258 g/mol. The van der Waals surface area contributed by atoms with Crippen LogP contribution in [-0.4, -0.2) is 24.2 Å². The number of aromatic nitrogens is 2. The molecule has 0 fully saturated rings. The molecule has 0 bridgehead atoms. The summed E-state index contributed by atoms with van der Waals surface area (Å²) in [7, 11) is 3.20. The fraction of sp³-hybridized carbons (Fsp3) is 0.231. The normalized spacial score (nSPS) is 10.0. The van der Waals surface area contributed by atoms with E-state index in [4.69, 9.17) is 15.3 Å². The van der Waals surface area contributed by atoms with Gasteiger partial charge < -0.3 is 14.8 Å². The quantitative estimate of drug-likeness (QED) is 0.566. The molecule has 0 atom stereocenters. The minimum atomic E-state index is 0.347. The molecular formula is C13H17N5O2. The van der Waals surface area contributed by atoms with Crippen molar-refractivity contribution < 1.29 is 9.47 Å². The Morgan fingerprint density at radius 1 is 1.10 bits per heavy atom. The van der Waals surface area contributed by atoms with E-state index in [1.54, 1.807) is 20.3 Å². The number of rotatable bonds is 5. The Morgan fingerprint density at radius 2 is 1.90 bits per heavy atom. The second kappa shape index (κ2) is 6.07. The molecule has 20 heavy (non-hydrogen) atoms. The lowest BCUT2D eigenvalue weighted by atomic mass is 10.2. The lowest BCUT2D eigenvalue weighted by Crippen LogP contribution is -2.12. The standard InChI is InChI=1S/C13H17N5O2/c1-8-6-12(17-13(15-8)18-14)16-10-5-4-9(19-2)7-11(10)20-3/h4-7H,14H2,1-3H3,(H2,15,16,17,18). The van der Waals surface area contributed by atoms with Crippen LogP contribution in [0, 0.1) is 6.92 Å². The minimum absolute atomic E-state index is 0.347. The van der Waals surface area contributed by atoms with Crippen LogP contribution >= 0.6 is 0 Å². The van der Waals surface area contributed by atoms with Crippen molar-refractivity contribution in [2.75, 3.05) is 25.0 Å². The van der Waals surface area contributed by atoms with E-state index in [1.165, 1.54) is 0 Å². The number of methoxy groups -OCH3 is 2. The molecule has 1 heterocycles. The number of nitrogens with zero attached hydrogens (tertiary/aromatic N) is 2. The predicted octanol–water partition coefficient (Wildman–Crippen LogP) is 1.83. The second-order valence-electron chi connectivity index (χ2n) is 4.05. The Balaban J connectivity index is 2.31. The molecule has 1 aromatic carbocycles. The zero-order valence-electron chi connectivity index (χ0n) is 11.6. The van der Waals surface area contributed by atoms with E-state index < -0.39 is 0 Å². The minimum Gasteiger partial charge on any atom is -0.497 e. The first-order chi connectivity index (χ1) is 9.66. The van der Waals surface area contributed by atoms with Gasteiger partial charge >= 0.3 is 0 Å². The molecule has 2 aromatic rings. The lowest BCUT2D eigenvalue weighted by Gasteiger charge is -2.12. The van der Waals surface area contributed by atoms with Crippen molar-refractivity contribution >= 4 is 17.5 Å². The summed E-state index contributed by atoms with van der Waals surface area (Å²) in [5.74, 6) is 7.67. The molecule has 2 rings (SSSR count). The Kier molecular flexibility index (Phi) is 4.21. The molecule has 106 valence electrons. The Hall–Kier alpha value is -2.54. The van der Waals surface area contributed by atoms with Crippen LogP contribution in [0.25, 0.3) is 0 Å². The number of ether oxygens (including phenoxy) is 2. The zero-order valence-corrected chi connectivity index (χ0v) is 11.6. The summed E-state index contributed by atoms with van der Waals surface area (Å²) >= 11 is 0. The van der Waals surface area contributed by atoms with Gasteiger partial charge in [-0.05, 0) is 19.1 Å². The van der Waals surface area contributed by atoms with Crippen LogP contribution in [0.2, 0.25) is 0 Å². The van der Waals surface area contributed by atoms with E-state index in [-0.39, 0.29) is 0 Å². The molecule has 0 aliphatic rings. The third-order valence-electron chi connectivity index (χ3n) is 2.65. The van der Waals surface area contributed by atoms with E-state index in [0.717, 1.165) is 17.1 Å². The predicted molar refractivity (Wildman–Crippen MR) is 77.4 cm³/mol. The monoisotopic (exact) mass is 275 g/mol. The van der Waals surface area contributed by atoms with Crippen LogP contribution in [0.5, 0.6) is 11.5 Å². The Labute approximate surface area is 117 Å². The van der Waals surface area contributed by atoms with Crippen LogP contribution < -0.4 is 26.1 Å². The van der Waals surface area contributed by atoms with E-state index in [2.05, 4.69) is 20.7 Å². The van der Waals surface area contributed by atoms with Gasteiger partial charge in [-0.1, -0.05) is 0 Å². The van der Waals surface area contributed by atoms with Gasteiger partial charge in [-0.3, -0.25) is 5.43 Å². The number of aryl methyl sites for hydroxylation is 1. The van der Waals surface area contributed by atoms with Crippen molar-refractivity contribution in [3.05, 3.63) is 30.0 Å². The number of nitrogen functional groups attached to an aromatic ring is 1. The van der Waals surface area contributed by atoms with Crippen molar-refractivity contribution in [3.63, 3.8) is 0 Å². The van der Waals surface area contributed by atoms with Gasteiger partial charge in [0.15, 0.2) is 0 Å². The molecule has 0 radical (unpaired) electrons. The molecule has 0 saturated carbocycles. The summed E-state index contributed by atoms with van der Waals surface area (Å²) in [6.07, 6.45) is 0. The number of hydrogen-bond acceptors (Lipinski definition) is 7. The van der Waals surface area contributed by atoms with Gasteiger partial charge in [0.1, 0.15) is 17.3 Å². The average molecular weight is 275 g/mol. The first-order valence-corrected chi connectivity index (χ1v) is 5.97. The maximum Gasteiger partial charge on any atom is 0.239 e. The molecule has 7 nitrogen and oxygen atoms in total. The molecule has 0 amide bonds. The lowest BCUT2D eigenvalue weighted by molar-refractivity contribution is 0.395. The SMILES string of the molecule is COc1ccc(Nc2cc(C)nc(NN)n2)c(OC)c1. The first kappa shape index (κ1) is 13.9. The summed E-state index contributed by atoms with van der Waals surface area (Å²) in [6.45, 7) is 1.86. The maximum absolute atomic E-state index is 5.33. The molecule has 0 unspecified atom stereocenters. The first-order valence-electron chi connectivity index (χ1n) is 5.97. The van der Waals surface area contributed by atoms with E-state index >= 15 is 0 Å². The summed E-state index contributed by atoms with van der Waals surface area (Å²) < 4.78 is 10.5. The number of benzene rings is 1. The van der Waals surface area contributed by atoms with Crippen molar-refractivity contribution in [2.24, 2.45) is 5.84 Å². The third kappa shape index (κ3) is 3.07. The van der Waals surface area contributed by atoms with Gasteiger partial charge in [0.25, 0.3) is 0 Å². The highest BCUT2D eigenvalue weighted by Crippen LogP contribution is 2.31. The van der Waals surface area contributed by atoms with Crippen LogP contribution in [0.3, 0.4) is 0 Å². The highest BCUT2D eigenvalue weighted by molar-refractivity contribution is 5.66. The third-order valence-corrected chi connectivity index (χ3v) is 2.65. The van der Waals surface area contributed by atoms with Crippen LogP contribution in [-0.2, 0) is 0 Å². The second-order valence-corrected chi connectivity index (χ2v) is 4.05.